The Morgan fingerprint density at radius 3 is 2.38 bits per heavy atom. The molecule has 3 heteroatoms. The van der Waals surface area contributed by atoms with Crippen LogP contribution in [0.5, 0.6) is 0 Å². The van der Waals surface area contributed by atoms with Gasteiger partial charge in [-0.05, 0) is 49.4 Å². The maximum atomic E-state index is 11.6. The highest BCUT2D eigenvalue weighted by Crippen LogP contribution is 2.38. The van der Waals surface area contributed by atoms with Crippen LogP contribution in [-0.2, 0) is 11.3 Å². The molecule has 3 rings (SSSR count). The molecule has 2 aromatic carbocycles. The van der Waals surface area contributed by atoms with Gasteiger partial charge in [-0.3, -0.25) is 9.69 Å². The summed E-state index contributed by atoms with van der Waals surface area (Å²) in [5, 5.41) is 9.51. The van der Waals surface area contributed by atoms with E-state index in [1.54, 1.807) is 0 Å². The van der Waals surface area contributed by atoms with Crippen LogP contribution in [0.2, 0.25) is 0 Å². The van der Waals surface area contributed by atoms with Gasteiger partial charge in [0.15, 0.2) is 0 Å². The van der Waals surface area contributed by atoms with Gasteiger partial charge in [0.25, 0.3) is 0 Å². The largest absolute Gasteiger partial charge is 0.481 e. The third kappa shape index (κ3) is 4.34. The molecule has 3 nitrogen and oxygen atoms in total. The van der Waals surface area contributed by atoms with Gasteiger partial charge in [-0.15, -0.1) is 0 Å². The highest BCUT2D eigenvalue weighted by molar-refractivity contribution is 5.71. The summed E-state index contributed by atoms with van der Waals surface area (Å²) < 4.78 is 0. The van der Waals surface area contributed by atoms with Gasteiger partial charge in [0, 0.05) is 12.6 Å². The van der Waals surface area contributed by atoms with Gasteiger partial charge < -0.3 is 5.11 Å². The van der Waals surface area contributed by atoms with E-state index < -0.39 is 5.97 Å². The van der Waals surface area contributed by atoms with Gasteiger partial charge in [-0.25, -0.2) is 0 Å². The average Bonchev–Trinajstić information content (AvgIpc) is 2.68. The lowest BCUT2D eigenvalue weighted by atomic mass is 9.75. The highest BCUT2D eigenvalue weighted by atomic mass is 16.4. The van der Waals surface area contributed by atoms with Crippen molar-refractivity contribution in [2.24, 2.45) is 5.92 Å². The van der Waals surface area contributed by atoms with E-state index in [1.165, 1.54) is 16.7 Å². The summed E-state index contributed by atoms with van der Waals surface area (Å²) in [4.78, 5) is 13.9. The molecule has 138 valence electrons. The lowest BCUT2D eigenvalue weighted by Gasteiger charge is -2.29. The topological polar surface area (TPSA) is 40.5 Å². The second-order valence-electron chi connectivity index (χ2n) is 7.58. The fourth-order valence-corrected chi connectivity index (χ4v) is 4.11. The molecule has 1 N–H and O–H groups in total. The summed E-state index contributed by atoms with van der Waals surface area (Å²) in [7, 11) is 2.15. The van der Waals surface area contributed by atoms with Crippen LogP contribution in [0.3, 0.4) is 0 Å². The lowest BCUT2D eigenvalue weighted by molar-refractivity contribution is -0.143. The lowest BCUT2D eigenvalue weighted by Crippen LogP contribution is -2.25. The molecule has 0 aliphatic heterocycles. The number of carboxylic acids is 1. The number of hydrogen-bond acceptors (Lipinski definition) is 2. The fourth-order valence-electron chi connectivity index (χ4n) is 4.11. The first-order chi connectivity index (χ1) is 12.6. The first-order valence-corrected chi connectivity index (χ1v) is 9.63. The van der Waals surface area contributed by atoms with E-state index in [0.29, 0.717) is 6.04 Å². The average molecular weight is 351 g/mol. The molecule has 2 aromatic rings. The Morgan fingerprint density at radius 2 is 1.73 bits per heavy atom. The van der Waals surface area contributed by atoms with Crippen LogP contribution in [0.1, 0.15) is 61.3 Å². The third-order valence-electron chi connectivity index (χ3n) is 5.87. The molecule has 0 spiro atoms. The standard InChI is InChI=1S/C23H29NO2/c1-17(19-8-4-3-5-9-19)24(2)16-18-12-14-20(15-13-18)21-10-6-7-11-22(21)23(25)26/h3-5,8-9,12-15,17,21-22H,6-7,10-11,16H2,1-2H3,(H,25,26)/t17?,21-,22+/m1/s1. The number of carbonyl (C=O) groups is 1. The smallest absolute Gasteiger partial charge is 0.307 e. The molecule has 0 aromatic heterocycles. The Kier molecular flexibility index (Phi) is 6.10. The second-order valence-corrected chi connectivity index (χ2v) is 7.58. The van der Waals surface area contributed by atoms with E-state index in [2.05, 4.69) is 67.4 Å². The van der Waals surface area contributed by atoms with Crippen molar-refractivity contribution in [2.75, 3.05) is 7.05 Å². The van der Waals surface area contributed by atoms with Gasteiger partial charge in [-0.2, -0.15) is 0 Å². The molecule has 26 heavy (non-hydrogen) atoms. The fraction of sp³-hybridized carbons (Fsp3) is 0.435. The number of benzene rings is 2. The molecule has 0 bridgehead atoms. The van der Waals surface area contributed by atoms with Crippen molar-refractivity contribution in [2.45, 2.75) is 51.1 Å². The molecule has 1 unspecified atom stereocenters. The molecule has 0 heterocycles. The molecule has 1 saturated carbocycles. The van der Waals surface area contributed by atoms with Gasteiger partial charge in [0.1, 0.15) is 0 Å². The number of nitrogens with zero attached hydrogens (tertiary/aromatic N) is 1. The van der Waals surface area contributed by atoms with E-state index in [-0.39, 0.29) is 11.8 Å². The van der Waals surface area contributed by atoms with Crippen LogP contribution < -0.4 is 0 Å². The number of carboxylic acid groups (broad SMARTS) is 1. The minimum absolute atomic E-state index is 0.163. The summed E-state index contributed by atoms with van der Waals surface area (Å²) in [6.45, 7) is 3.10. The van der Waals surface area contributed by atoms with Crippen LogP contribution in [0, 0.1) is 5.92 Å². The number of aliphatic carboxylic acids is 1. The summed E-state index contributed by atoms with van der Waals surface area (Å²) in [5.41, 5.74) is 3.76. The van der Waals surface area contributed by atoms with Crippen LogP contribution in [0.4, 0.5) is 0 Å². The Balaban J connectivity index is 1.66. The molecule has 3 atom stereocenters. The van der Waals surface area contributed by atoms with Crippen molar-refractivity contribution in [1.29, 1.82) is 0 Å². The van der Waals surface area contributed by atoms with Gasteiger partial charge in [0.05, 0.1) is 5.92 Å². The first-order valence-electron chi connectivity index (χ1n) is 9.63. The van der Waals surface area contributed by atoms with E-state index in [9.17, 15) is 9.90 Å². The predicted molar refractivity (Wildman–Crippen MR) is 105 cm³/mol. The summed E-state index contributed by atoms with van der Waals surface area (Å²) >= 11 is 0. The third-order valence-corrected chi connectivity index (χ3v) is 5.87. The second kappa shape index (κ2) is 8.50. The predicted octanol–water partition coefficient (Wildman–Crippen LogP) is 5.24. The van der Waals surface area contributed by atoms with Crippen molar-refractivity contribution in [3.8, 4) is 0 Å². The van der Waals surface area contributed by atoms with Crippen molar-refractivity contribution < 1.29 is 9.90 Å². The van der Waals surface area contributed by atoms with Crippen LogP contribution in [0.25, 0.3) is 0 Å². The number of hydrogen-bond donors (Lipinski definition) is 1. The Bertz CT molecular complexity index is 711. The summed E-state index contributed by atoms with van der Waals surface area (Å²) in [6, 6.07) is 19.5. The minimum atomic E-state index is -0.643. The number of rotatable bonds is 6. The van der Waals surface area contributed by atoms with Crippen molar-refractivity contribution in [3.63, 3.8) is 0 Å². The maximum absolute atomic E-state index is 11.6. The van der Waals surface area contributed by atoms with E-state index >= 15 is 0 Å². The van der Waals surface area contributed by atoms with Gasteiger partial charge >= 0.3 is 5.97 Å². The van der Waals surface area contributed by atoms with Crippen molar-refractivity contribution >= 4 is 5.97 Å². The molecular weight excluding hydrogens is 322 g/mol. The molecule has 0 amide bonds. The van der Waals surface area contributed by atoms with Gasteiger partial charge in [0.2, 0.25) is 0 Å². The Labute approximate surface area is 156 Å². The summed E-state index contributed by atoms with van der Waals surface area (Å²) in [5.74, 6) is -0.707. The zero-order valence-corrected chi connectivity index (χ0v) is 15.8. The van der Waals surface area contributed by atoms with E-state index in [0.717, 1.165) is 32.2 Å². The van der Waals surface area contributed by atoms with E-state index in [4.69, 9.17) is 0 Å². The minimum Gasteiger partial charge on any atom is -0.481 e. The van der Waals surface area contributed by atoms with Crippen molar-refractivity contribution in [3.05, 3.63) is 71.3 Å². The first kappa shape index (κ1) is 18.7. The summed E-state index contributed by atoms with van der Waals surface area (Å²) in [6.07, 6.45) is 3.96. The zero-order chi connectivity index (χ0) is 18.5. The molecule has 0 radical (unpaired) electrons. The van der Waals surface area contributed by atoms with Gasteiger partial charge in [-0.1, -0.05) is 67.4 Å². The monoisotopic (exact) mass is 351 g/mol. The SMILES string of the molecule is CC(c1ccccc1)N(C)Cc1ccc([C@H]2CCCC[C@@H]2C(=O)O)cc1. The van der Waals surface area contributed by atoms with Crippen molar-refractivity contribution in [1.82, 2.24) is 4.90 Å². The van der Waals surface area contributed by atoms with Crippen LogP contribution in [0.15, 0.2) is 54.6 Å². The maximum Gasteiger partial charge on any atom is 0.307 e. The Hall–Kier alpha value is -2.13. The van der Waals surface area contributed by atoms with Crippen LogP contribution in [-0.4, -0.2) is 23.0 Å². The normalized spacial score (nSPS) is 21.5. The Morgan fingerprint density at radius 1 is 1.08 bits per heavy atom. The highest BCUT2D eigenvalue weighted by Gasteiger charge is 2.31. The molecular formula is C23H29NO2. The zero-order valence-electron chi connectivity index (χ0n) is 15.8. The molecule has 1 aliphatic carbocycles. The van der Waals surface area contributed by atoms with E-state index in [1.807, 2.05) is 6.07 Å². The molecule has 1 aliphatic rings. The molecule has 0 saturated heterocycles. The van der Waals surface area contributed by atoms with Crippen LogP contribution >= 0.6 is 0 Å². The molecule has 1 fully saturated rings. The quantitative estimate of drug-likeness (QED) is 0.774.